The number of hydrazone groups is 1. The third-order valence-corrected chi connectivity index (χ3v) is 5.76. The number of hydrogen-bond acceptors (Lipinski definition) is 7. The van der Waals surface area contributed by atoms with Gasteiger partial charge in [-0.05, 0) is 42.7 Å². The summed E-state index contributed by atoms with van der Waals surface area (Å²) in [5.74, 6) is -0.294. The average molecular weight is 466 g/mol. The fraction of sp³-hybridized carbons (Fsp3) is 0.333. The van der Waals surface area contributed by atoms with Crippen LogP contribution in [0.1, 0.15) is 28.8 Å². The highest BCUT2D eigenvalue weighted by atomic mass is 16.7. The first-order valence-electron chi connectivity index (χ1n) is 11.1. The van der Waals surface area contributed by atoms with Gasteiger partial charge in [-0.1, -0.05) is 30.3 Å². The average Bonchev–Trinajstić information content (AvgIpc) is 3.20. The Hall–Kier alpha value is -3.92. The molecule has 2 amide bonds. The van der Waals surface area contributed by atoms with Crippen molar-refractivity contribution in [3.8, 4) is 0 Å². The summed E-state index contributed by atoms with van der Waals surface area (Å²) in [6.45, 7) is 2.42. The topological polar surface area (TPSA) is 121 Å². The van der Waals surface area contributed by atoms with E-state index in [2.05, 4.69) is 15.4 Å². The molecule has 0 aromatic heterocycles. The maximum atomic E-state index is 12.4. The van der Waals surface area contributed by atoms with E-state index in [9.17, 15) is 14.4 Å². The molecule has 2 aromatic rings. The first-order valence-corrected chi connectivity index (χ1v) is 11.1. The van der Waals surface area contributed by atoms with E-state index >= 15 is 0 Å². The third kappa shape index (κ3) is 6.10. The van der Waals surface area contributed by atoms with Gasteiger partial charge in [0.1, 0.15) is 12.2 Å². The summed E-state index contributed by atoms with van der Waals surface area (Å²) in [6, 6.07) is 16.0. The molecule has 10 heteroatoms. The third-order valence-electron chi connectivity index (χ3n) is 5.76. The lowest BCUT2D eigenvalue weighted by molar-refractivity contribution is 0.0125. The van der Waals surface area contributed by atoms with Gasteiger partial charge in [0.25, 0.3) is 5.91 Å². The molecule has 0 radical (unpaired) electrons. The number of rotatable bonds is 7. The lowest BCUT2D eigenvalue weighted by Gasteiger charge is -2.31. The van der Waals surface area contributed by atoms with Crippen molar-refractivity contribution in [3.63, 3.8) is 0 Å². The highest BCUT2D eigenvalue weighted by Gasteiger charge is 2.34. The Bertz CT molecular complexity index is 1040. The largest absolute Gasteiger partial charge is 0.506 e. The Labute approximate surface area is 196 Å². The molecule has 0 saturated carbocycles. The van der Waals surface area contributed by atoms with E-state index in [0.29, 0.717) is 50.3 Å². The van der Waals surface area contributed by atoms with Gasteiger partial charge in [0.05, 0.1) is 12.8 Å². The number of benzene rings is 2. The van der Waals surface area contributed by atoms with Crippen LogP contribution in [0.4, 0.5) is 15.3 Å². The molecule has 0 aliphatic carbocycles. The van der Waals surface area contributed by atoms with Crippen LogP contribution in [-0.4, -0.2) is 72.8 Å². The second-order valence-electron chi connectivity index (χ2n) is 8.16. The van der Waals surface area contributed by atoms with Crippen molar-refractivity contribution in [2.45, 2.75) is 25.0 Å². The van der Waals surface area contributed by atoms with Crippen LogP contribution in [0, 0.1) is 0 Å². The molecule has 10 nitrogen and oxygen atoms in total. The molecule has 2 N–H and O–H groups in total. The zero-order chi connectivity index (χ0) is 23.9. The van der Waals surface area contributed by atoms with Crippen LogP contribution in [-0.2, 0) is 9.47 Å². The Morgan fingerprint density at radius 2 is 1.82 bits per heavy atom. The second-order valence-corrected chi connectivity index (χ2v) is 8.16. The number of anilines is 1. The summed E-state index contributed by atoms with van der Waals surface area (Å²) in [5.41, 5.74) is 4.49. The molecule has 2 saturated heterocycles. The van der Waals surface area contributed by atoms with Gasteiger partial charge in [0, 0.05) is 30.9 Å². The smallest absolute Gasteiger partial charge is 0.450 e. The summed E-state index contributed by atoms with van der Waals surface area (Å²) in [6.07, 6.45) is 0.618. The summed E-state index contributed by atoms with van der Waals surface area (Å²) in [7, 11) is 0. The van der Waals surface area contributed by atoms with Crippen molar-refractivity contribution >= 4 is 30.1 Å². The summed E-state index contributed by atoms with van der Waals surface area (Å²) in [4.78, 5) is 38.8. The molecule has 1 unspecified atom stereocenters. The van der Waals surface area contributed by atoms with Crippen LogP contribution >= 0.6 is 0 Å². The number of nitrogens with one attached hydrogen (secondary N) is 1. The van der Waals surface area contributed by atoms with Crippen LogP contribution < -0.4 is 10.3 Å². The van der Waals surface area contributed by atoms with Crippen molar-refractivity contribution in [3.05, 3.63) is 65.7 Å². The predicted octanol–water partition coefficient (Wildman–Crippen LogP) is 2.93. The molecule has 4 rings (SSSR count). The zero-order valence-electron chi connectivity index (χ0n) is 18.5. The van der Waals surface area contributed by atoms with Crippen LogP contribution in [0.5, 0.6) is 0 Å². The first kappa shape index (κ1) is 23.2. The van der Waals surface area contributed by atoms with E-state index < -0.39 is 12.2 Å². The normalized spacial score (nSPS) is 19.2. The van der Waals surface area contributed by atoms with Crippen LogP contribution in [0.2, 0.25) is 0 Å². The molecular formula is C24H26N4O6. The van der Waals surface area contributed by atoms with E-state index in [0.717, 1.165) is 5.56 Å². The number of carboxylic acid groups (broad SMARTS) is 1. The van der Waals surface area contributed by atoms with Crippen molar-refractivity contribution < 1.29 is 29.0 Å². The highest BCUT2D eigenvalue weighted by molar-refractivity contribution is 5.95. The minimum atomic E-state index is -1.24. The fourth-order valence-corrected chi connectivity index (χ4v) is 4.03. The minimum absolute atomic E-state index is 0.265. The van der Waals surface area contributed by atoms with Crippen molar-refractivity contribution in [2.24, 2.45) is 5.10 Å². The number of carbonyl (C=O) groups is 3. The SMILES string of the molecule is O=C(O)OC1CCN(CC2CN(c3ccc(C=NNC(=O)c4ccccc4)cc3)C(=O)O2)CC1. The number of cyclic esters (lactones) is 1. The number of likely N-dealkylation sites (tertiary alicyclic amines) is 1. The number of ether oxygens (including phenoxy) is 2. The lowest BCUT2D eigenvalue weighted by atomic mass is 10.1. The second kappa shape index (κ2) is 10.8. The standard InChI is InChI=1S/C24H26N4O6/c29-22(18-4-2-1-3-5-18)26-25-14-17-6-8-19(9-7-17)28-16-21(33-23(28)30)15-27-12-10-20(11-13-27)34-24(31)32/h1-9,14,20-21H,10-13,15-16H2,(H,26,29)(H,31,32). The van der Waals surface area contributed by atoms with Gasteiger partial charge in [-0.15, -0.1) is 0 Å². The highest BCUT2D eigenvalue weighted by Crippen LogP contribution is 2.23. The molecular weight excluding hydrogens is 440 g/mol. The number of hydrogen-bond donors (Lipinski definition) is 2. The fourth-order valence-electron chi connectivity index (χ4n) is 4.03. The Kier molecular flexibility index (Phi) is 7.38. The maximum Gasteiger partial charge on any atom is 0.506 e. The molecule has 2 aliphatic rings. The Morgan fingerprint density at radius 3 is 2.50 bits per heavy atom. The van der Waals surface area contributed by atoms with E-state index in [4.69, 9.17) is 14.6 Å². The van der Waals surface area contributed by atoms with Crippen LogP contribution in [0.25, 0.3) is 0 Å². The lowest BCUT2D eigenvalue weighted by Crippen LogP contribution is -2.42. The zero-order valence-corrected chi connectivity index (χ0v) is 18.5. The summed E-state index contributed by atoms with van der Waals surface area (Å²) in [5, 5.41) is 12.7. The molecule has 2 aromatic carbocycles. The van der Waals surface area contributed by atoms with Crippen LogP contribution in [0.15, 0.2) is 59.7 Å². The van der Waals surface area contributed by atoms with Gasteiger partial charge in [0.2, 0.25) is 0 Å². The summed E-state index contributed by atoms with van der Waals surface area (Å²) >= 11 is 0. The molecule has 34 heavy (non-hydrogen) atoms. The van der Waals surface area contributed by atoms with E-state index in [-0.39, 0.29) is 18.1 Å². The number of nitrogens with zero attached hydrogens (tertiary/aromatic N) is 3. The van der Waals surface area contributed by atoms with E-state index in [1.165, 1.54) is 6.21 Å². The molecule has 1 atom stereocenters. The predicted molar refractivity (Wildman–Crippen MR) is 124 cm³/mol. The van der Waals surface area contributed by atoms with Gasteiger partial charge in [-0.2, -0.15) is 5.10 Å². The van der Waals surface area contributed by atoms with Gasteiger partial charge >= 0.3 is 12.2 Å². The molecule has 2 fully saturated rings. The number of carbonyl (C=O) groups excluding carboxylic acids is 2. The summed E-state index contributed by atoms with van der Waals surface area (Å²) < 4.78 is 10.4. The Morgan fingerprint density at radius 1 is 1.12 bits per heavy atom. The molecule has 2 aliphatic heterocycles. The quantitative estimate of drug-likeness (QED) is 0.366. The molecule has 2 heterocycles. The molecule has 178 valence electrons. The first-order chi connectivity index (χ1) is 16.5. The Balaban J connectivity index is 1.25. The van der Waals surface area contributed by atoms with Gasteiger partial charge in [-0.25, -0.2) is 15.0 Å². The van der Waals surface area contributed by atoms with E-state index in [1.54, 1.807) is 53.4 Å². The minimum Gasteiger partial charge on any atom is -0.450 e. The maximum absolute atomic E-state index is 12.4. The molecule has 0 bridgehead atoms. The van der Waals surface area contributed by atoms with E-state index in [1.807, 2.05) is 6.07 Å². The number of amides is 2. The van der Waals surface area contributed by atoms with Crippen molar-refractivity contribution in [1.29, 1.82) is 0 Å². The monoisotopic (exact) mass is 466 g/mol. The number of piperidine rings is 1. The van der Waals surface area contributed by atoms with Gasteiger partial charge in [-0.3, -0.25) is 14.6 Å². The molecule has 0 spiro atoms. The van der Waals surface area contributed by atoms with Crippen molar-refractivity contribution in [1.82, 2.24) is 10.3 Å². The van der Waals surface area contributed by atoms with Gasteiger partial charge < -0.3 is 14.6 Å². The van der Waals surface area contributed by atoms with Crippen LogP contribution in [0.3, 0.4) is 0 Å². The van der Waals surface area contributed by atoms with Gasteiger partial charge in [0.15, 0.2) is 0 Å². The van der Waals surface area contributed by atoms with Crippen molar-refractivity contribution in [2.75, 3.05) is 31.1 Å².